The summed E-state index contributed by atoms with van der Waals surface area (Å²) in [5, 5.41) is 0. The first kappa shape index (κ1) is 19.1. The van der Waals surface area contributed by atoms with Gasteiger partial charge in [0.2, 0.25) is 0 Å². The number of nitrogens with one attached hydrogen (secondary N) is 2. The van der Waals surface area contributed by atoms with E-state index in [0.717, 1.165) is 52.2 Å². The van der Waals surface area contributed by atoms with Crippen LogP contribution in [0.4, 0.5) is 5.82 Å². The fourth-order valence-electron chi connectivity index (χ4n) is 7.35. The maximum absolute atomic E-state index is 12.9. The largest absolute Gasteiger partial charge is 0.462 e. The standard InChI is InChI=1S/C24H33N3O3/c1-23-6-4-7-24(16-29-24)20(23)13-17-18(22(28)30-19(17)14-23)15-26-9-11-27(12-10-26)21-5-2-3-8-25-21/h2-3,5,8,17-20H,4,6-7,9-16H2,1H3/p+2/t17-,18-,19-,20-,23-,24+/m1/s1. The number of hydrogen-bond acceptors (Lipinski definition) is 4. The number of fused-ring (bicyclic) bond motifs is 3. The highest BCUT2D eigenvalue weighted by Crippen LogP contribution is 2.62. The molecule has 6 heteroatoms. The quantitative estimate of drug-likeness (QED) is 0.586. The maximum atomic E-state index is 12.9. The highest BCUT2D eigenvalue weighted by molar-refractivity contribution is 5.75. The number of aromatic amines is 1. The Bertz CT molecular complexity index is 805. The molecule has 2 aliphatic carbocycles. The van der Waals surface area contributed by atoms with Crippen LogP contribution in [0.25, 0.3) is 0 Å². The Morgan fingerprint density at radius 1 is 1.27 bits per heavy atom. The number of pyridine rings is 1. The van der Waals surface area contributed by atoms with Gasteiger partial charge in [0.25, 0.3) is 5.82 Å². The molecule has 6 atom stereocenters. The topological polar surface area (TPSA) is 60.6 Å². The molecule has 0 aromatic carbocycles. The molecule has 3 saturated heterocycles. The van der Waals surface area contributed by atoms with Gasteiger partial charge < -0.3 is 14.4 Å². The third kappa shape index (κ3) is 3.06. The molecule has 0 radical (unpaired) electrons. The zero-order chi connectivity index (χ0) is 20.3. The minimum Gasteiger partial charge on any atom is -0.462 e. The smallest absolute Gasteiger partial charge is 0.315 e. The first-order chi connectivity index (χ1) is 14.6. The van der Waals surface area contributed by atoms with Crippen molar-refractivity contribution in [3.63, 3.8) is 0 Å². The lowest BCUT2D eigenvalue weighted by molar-refractivity contribution is -0.903. The summed E-state index contributed by atoms with van der Waals surface area (Å²) in [6.07, 6.45) is 8.03. The first-order valence-electron chi connectivity index (χ1n) is 12.0. The molecule has 5 fully saturated rings. The van der Waals surface area contributed by atoms with Crippen LogP contribution in [-0.4, -0.2) is 57.0 Å². The number of piperazine rings is 1. The minimum absolute atomic E-state index is 0.0714. The molecule has 1 aromatic heterocycles. The molecule has 6 rings (SSSR count). The van der Waals surface area contributed by atoms with Crippen molar-refractivity contribution in [2.24, 2.45) is 23.2 Å². The Balaban J connectivity index is 1.12. The predicted molar refractivity (Wildman–Crippen MR) is 111 cm³/mol. The zero-order valence-electron chi connectivity index (χ0n) is 18.1. The second-order valence-corrected chi connectivity index (χ2v) is 10.8. The van der Waals surface area contributed by atoms with Crippen molar-refractivity contribution in [1.82, 2.24) is 0 Å². The molecular formula is C24H35N3O3+2. The minimum atomic E-state index is 0.0714. The summed E-state index contributed by atoms with van der Waals surface area (Å²) < 4.78 is 12.1. The van der Waals surface area contributed by atoms with Crippen LogP contribution < -0.4 is 14.8 Å². The van der Waals surface area contributed by atoms with E-state index in [4.69, 9.17) is 9.47 Å². The van der Waals surface area contributed by atoms with Gasteiger partial charge in [-0.25, -0.2) is 4.98 Å². The number of anilines is 1. The van der Waals surface area contributed by atoms with E-state index >= 15 is 0 Å². The molecule has 2 N–H and O–H groups in total. The summed E-state index contributed by atoms with van der Waals surface area (Å²) in [6, 6.07) is 6.24. The summed E-state index contributed by atoms with van der Waals surface area (Å²) >= 11 is 0. The molecule has 162 valence electrons. The lowest BCUT2D eigenvalue weighted by atomic mass is 9.53. The Hall–Kier alpha value is -1.66. The van der Waals surface area contributed by atoms with Crippen LogP contribution in [-0.2, 0) is 14.3 Å². The van der Waals surface area contributed by atoms with E-state index in [2.05, 4.69) is 28.9 Å². The molecule has 0 unspecified atom stereocenters. The molecule has 2 saturated carbocycles. The van der Waals surface area contributed by atoms with Gasteiger partial charge in [-0.2, -0.15) is 0 Å². The molecule has 3 aliphatic heterocycles. The van der Waals surface area contributed by atoms with Crippen LogP contribution in [0.3, 0.4) is 0 Å². The summed E-state index contributed by atoms with van der Waals surface area (Å²) in [7, 11) is 0. The molecule has 5 aliphatic rings. The highest BCUT2D eigenvalue weighted by atomic mass is 16.6. The van der Waals surface area contributed by atoms with Crippen LogP contribution in [0.15, 0.2) is 24.4 Å². The van der Waals surface area contributed by atoms with Gasteiger partial charge in [-0.3, -0.25) is 9.69 Å². The molecule has 0 amide bonds. The Labute approximate surface area is 178 Å². The average Bonchev–Trinajstić information content (AvgIpc) is 3.46. The Kier molecular flexibility index (Phi) is 4.40. The van der Waals surface area contributed by atoms with Gasteiger partial charge >= 0.3 is 5.97 Å². The van der Waals surface area contributed by atoms with Gasteiger partial charge in [0.05, 0.1) is 24.9 Å². The van der Waals surface area contributed by atoms with Gasteiger partial charge in [-0.1, -0.05) is 13.0 Å². The monoisotopic (exact) mass is 413 g/mol. The van der Waals surface area contributed by atoms with Crippen molar-refractivity contribution in [2.45, 2.75) is 50.7 Å². The van der Waals surface area contributed by atoms with Gasteiger partial charge in [0.15, 0.2) is 0 Å². The number of carbonyl (C=O) groups is 1. The van der Waals surface area contributed by atoms with Crippen LogP contribution in [0.1, 0.15) is 39.0 Å². The normalized spacial score (nSPS) is 43.2. The van der Waals surface area contributed by atoms with Gasteiger partial charge in [-0.15, -0.1) is 0 Å². The lowest BCUT2D eigenvalue weighted by Gasteiger charge is -2.51. The SMILES string of the molecule is C[C@]12CCC[C@]3(CO3)[C@@H]1C[C@H]1[C@@H](C2)OC(=O)[C@@H]1C[NH+]1CCN(c2cccc[nH+]2)CC1. The molecule has 1 aromatic rings. The summed E-state index contributed by atoms with van der Waals surface area (Å²) in [5.74, 6) is 2.34. The summed E-state index contributed by atoms with van der Waals surface area (Å²) in [4.78, 5) is 20.2. The second kappa shape index (κ2) is 6.92. The number of rotatable bonds is 3. The van der Waals surface area contributed by atoms with Crippen LogP contribution >= 0.6 is 0 Å². The third-order valence-electron chi connectivity index (χ3n) is 9.09. The average molecular weight is 414 g/mol. The molecule has 30 heavy (non-hydrogen) atoms. The van der Waals surface area contributed by atoms with E-state index in [1.165, 1.54) is 25.1 Å². The van der Waals surface area contributed by atoms with E-state index in [1.54, 1.807) is 4.90 Å². The van der Waals surface area contributed by atoms with Crippen LogP contribution in [0.5, 0.6) is 0 Å². The molecule has 4 heterocycles. The number of nitrogens with zero attached hydrogens (tertiary/aromatic N) is 1. The number of epoxide rings is 1. The first-order valence-corrected chi connectivity index (χ1v) is 12.0. The van der Waals surface area contributed by atoms with Crippen molar-refractivity contribution in [3.8, 4) is 0 Å². The number of hydrogen-bond donors (Lipinski definition) is 1. The summed E-state index contributed by atoms with van der Waals surface area (Å²) in [6.45, 7) is 8.53. The maximum Gasteiger partial charge on any atom is 0.315 e. The zero-order valence-corrected chi connectivity index (χ0v) is 18.1. The molecule has 0 bridgehead atoms. The van der Waals surface area contributed by atoms with Gasteiger partial charge in [0.1, 0.15) is 38.2 Å². The second-order valence-electron chi connectivity index (χ2n) is 10.8. The number of aromatic nitrogens is 1. The molecular weight excluding hydrogens is 378 g/mol. The summed E-state index contributed by atoms with van der Waals surface area (Å²) in [5.41, 5.74) is 0.425. The van der Waals surface area contributed by atoms with Crippen molar-refractivity contribution in [2.75, 3.05) is 44.2 Å². The van der Waals surface area contributed by atoms with Crippen LogP contribution in [0, 0.1) is 23.2 Å². The van der Waals surface area contributed by atoms with Crippen LogP contribution in [0.2, 0.25) is 0 Å². The number of quaternary nitrogens is 1. The van der Waals surface area contributed by atoms with Crippen molar-refractivity contribution < 1.29 is 24.2 Å². The van der Waals surface area contributed by atoms with Crippen molar-refractivity contribution >= 4 is 11.8 Å². The van der Waals surface area contributed by atoms with Crippen molar-refractivity contribution in [1.29, 1.82) is 0 Å². The van der Waals surface area contributed by atoms with E-state index in [9.17, 15) is 4.79 Å². The number of H-pyrrole nitrogens is 1. The number of esters is 1. The van der Waals surface area contributed by atoms with E-state index in [0.29, 0.717) is 11.8 Å². The lowest BCUT2D eigenvalue weighted by Crippen LogP contribution is -3.15. The van der Waals surface area contributed by atoms with E-state index in [1.807, 2.05) is 12.3 Å². The van der Waals surface area contributed by atoms with Crippen molar-refractivity contribution in [3.05, 3.63) is 24.4 Å². The predicted octanol–water partition coefficient (Wildman–Crippen LogP) is 0.733. The van der Waals surface area contributed by atoms with Gasteiger partial charge in [-0.05, 0) is 49.5 Å². The molecule has 1 spiro atoms. The fourth-order valence-corrected chi connectivity index (χ4v) is 7.35. The highest BCUT2D eigenvalue weighted by Gasteiger charge is 2.65. The third-order valence-corrected chi connectivity index (χ3v) is 9.09. The Morgan fingerprint density at radius 3 is 2.83 bits per heavy atom. The number of carbonyl (C=O) groups excluding carboxylic acids is 1. The number of ether oxygens (including phenoxy) is 2. The van der Waals surface area contributed by atoms with E-state index < -0.39 is 0 Å². The fraction of sp³-hybridized carbons (Fsp3) is 0.750. The van der Waals surface area contributed by atoms with Gasteiger partial charge in [0, 0.05) is 12.0 Å². The Morgan fingerprint density at radius 2 is 2.10 bits per heavy atom. The van der Waals surface area contributed by atoms with E-state index in [-0.39, 0.29) is 29.0 Å². The molecule has 6 nitrogen and oxygen atoms in total.